The minimum absolute atomic E-state index is 0.0267. The third kappa shape index (κ3) is 4.52. The van der Waals surface area contributed by atoms with Gasteiger partial charge < -0.3 is 5.32 Å². The molecular formula is C19H27ClN2O3S. The van der Waals surface area contributed by atoms with Crippen LogP contribution in [0.2, 0.25) is 5.02 Å². The van der Waals surface area contributed by atoms with E-state index in [4.69, 9.17) is 11.6 Å². The van der Waals surface area contributed by atoms with E-state index in [2.05, 4.69) is 5.32 Å². The molecule has 1 aromatic carbocycles. The molecule has 2 bridgehead atoms. The van der Waals surface area contributed by atoms with Crippen molar-refractivity contribution < 1.29 is 13.2 Å². The van der Waals surface area contributed by atoms with Crippen LogP contribution in [-0.4, -0.2) is 33.2 Å². The number of anilines is 1. The summed E-state index contributed by atoms with van der Waals surface area (Å²) in [6.45, 7) is 2.12. The number of nitrogens with one attached hydrogen (secondary N) is 1. The van der Waals surface area contributed by atoms with E-state index in [1.54, 1.807) is 18.2 Å². The smallest absolute Gasteiger partial charge is 0.232 e. The first kappa shape index (κ1) is 19.5. The maximum atomic E-state index is 12.3. The first-order valence-electron chi connectivity index (χ1n) is 9.27. The maximum absolute atomic E-state index is 12.3. The molecule has 2 fully saturated rings. The number of nitrogens with zero attached hydrogens (tertiary/aromatic N) is 1. The Hall–Kier alpha value is -1.27. The van der Waals surface area contributed by atoms with Crippen LogP contribution in [0.1, 0.15) is 44.1 Å². The van der Waals surface area contributed by atoms with E-state index in [0.717, 1.165) is 17.9 Å². The second kappa shape index (κ2) is 7.77. The minimum atomic E-state index is -3.44. The van der Waals surface area contributed by atoms with Gasteiger partial charge in [0.25, 0.3) is 0 Å². The lowest BCUT2D eigenvalue weighted by molar-refractivity contribution is -0.122. The first-order chi connectivity index (χ1) is 12.2. The summed E-state index contributed by atoms with van der Waals surface area (Å²) in [6, 6.07) is 5.52. The van der Waals surface area contributed by atoms with Gasteiger partial charge in [-0.05, 0) is 62.1 Å². The molecule has 0 radical (unpaired) electrons. The lowest BCUT2D eigenvalue weighted by atomic mass is 9.95. The quantitative estimate of drug-likeness (QED) is 0.764. The highest BCUT2D eigenvalue weighted by Gasteiger charge is 2.39. The van der Waals surface area contributed by atoms with Gasteiger partial charge in [0, 0.05) is 24.0 Å². The molecule has 3 atom stereocenters. The highest BCUT2D eigenvalue weighted by molar-refractivity contribution is 7.92. The molecule has 0 spiro atoms. The van der Waals surface area contributed by atoms with Crippen molar-refractivity contribution in [1.82, 2.24) is 5.32 Å². The largest absolute Gasteiger partial charge is 0.353 e. The molecule has 1 amide bonds. The molecule has 1 aromatic rings. The van der Waals surface area contributed by atoms with Crippen LogP contribution < -0.4 is 9.62 Å². The molecular weight excluding hydrogens is 372 g/mol. The highest BCUT2D eigenvalue weighted by atomic mass is 35.5. The molecule has 5 nitrogen and oxygen atoms in total. The third-order valence-electron chi connectivity index (χ3n) is 5.69. The zero-order chi connectivity index (χ0) is 18.9. The maximum Gasteiger partial charge on any atom is 0.232 e. The molecule has 2 saturated carbocycles. The number of carbonyl (C=O) groups excluding carboxylic acids is 1. The number of sulfonamides is 1. The molecule has 3 rings (SSSR count). The first-order valence-corrected chi connectivity index (χ1v) is 11.5. The van der Waals surface area contributed by atoms with Crippen LogP contribution in [0.15, 0.2) is 18.2 Å². The number of halogens is 1. The fraction of sp³-hybridized carbons (Fsp3) is 0.632. The summed E-state index contributed by atoms with van der Waals surface area (Å²) < 4.78 is 25.8. The van der Waals surface area contributed by atoms with Gasteiger partial charge in [0.05, 0.1) is 11.9 Å². The summed E-state index contributed by atoms with van der Waals surface area (Å²) in [4.78, 5) is 12.3. The minimum Gasteiger partial charge on any atom is -0.353 e. The molecule has 3 unspecified atom stereocenters. The third-order valence-corrected chi connectivity index (χ3v) is 7.10. The molecule has 7 heteroatoms. The summed E-state index contributed by atoms with van der Waals surface area (Å²) in [5.74, 6) is 1.46. The SMILES string of the molecule is Cc1ccc(Cl)cc1N(CCCC(=O)NC1CC2CCC1C2)S(C)(=O)=O. The van der Waals surface area contributed by atoms with Crippen molar-refractivity contribution in [2.24, 2.45) is 11.8 Å². The van der Waals surface area contributed by atoms with Crippen LogP contribution in [0.4, 0.5) is 5.69 Å². The number of carbonyl (C=O) groups is 1. The molecule has 0 aromatic heterocycles. The number of benzene rings is 1. The van der Waals surface area contributed by atoms with Gasteiger partial charge in [-0.2, -0.15) is 0 Å². The van der Waals surface area contributed by atoms with Crippen LogP contribution >= 0.6 is 11.6 Å². The number of hydrogen-bond acceptors (Lipinski definition) is 3. The predicted octanol–water partition coefficient (Wildman–Crippen LogP) is 3.50. The zero-order valence-corrected chi connectivity index (χ0v) is 16.9. The van der Waals surface area contributed by atoms with E-state index < -0.39 is 10.0 Å². The molecule has 144 valence electrons. The van der Waals surface area contributed by atoms with Gasteiger partial charge in [-0.15, -0.1) is 0 Å². The van der Waals surface area contributed by atoms with Gasteiger partial charge >= 0.3 is 0 Å². The van der Waals surface area contributed by atoms with Crippen LogP contribution in [0.3, 0.4) is 0 Å². The van der Waals surface area contributed by atoms with Crippen LogP contribution in [0.25, 0.3) is 0 Å². The molecule has 0 aliphatic heterocycles. The van der Waals surface area contributed by atoms with Crippen molar-refractivity contribution in [3.63, 3.8) is 0 Å². The van der Waals surface area contributed by atoms with Crippen molar-refractivity contribution in [3.05, 3.63) is 28.8 Å². The van der Waals surface area contributed by atoms with Crippen molar-refractivity contribution in [1.29, 1.82) is 0 Å². The lowest BCUT2D eigenvalue weighted by Crippen LogP contribution is -2.39. The second-order valence-electron chi connectivity index (χ2n) is 7.72. The normalized spacial score (nSPS) is 24.7. The van der Waals surface area contributed by atoms with Gasteiger partial charge in [0.15, 0.2) is 0 Å². The van der Waals surface area contributed by atoms with E-state index in [-0.39, 0.29) is 12.5 Å². The van der Waals surface area contributed by atoms with Crippen LogP contribution in [-0.2, 0) is 14.8 Å². The van der Waals surface area contributed by atoms with E-state index in [0.29, 0.717) is 35.5 Å². The van der Waals surface area contributed by atoms with Gasteiger partial charge in [-0.25, -0.2) is 8.42 Å². The average Bonchev–Trinajstić information content (AvgIpc) is 3.16. The monoisotopic (exact) mass is 398 g/mol. The topological polar surface area (TPSA) is 66.5 Å². The number of rotatable bonds is 7. The number of fused-ring (bicyclic) bond motifs is 2. The van der Waals surface area contributed by atoms with Gasteiger partial charge in [0.1, 0.15) is 0 Å². The molecule has 26 heavy (non-hydrogen) atoms. The van der Waals surface area contributed by atoms with E-state index in [1.165, 1.54) is 29.8 Å². The van der Waals surface area contributed by atoms with Gasteiger partial charge in [0.2, 0.25) is 15.9 Å². The van der Waals surface area contributed by atoms with E-state index >= 15 is 0 Å². The second-order valence-corrected chi connectivity index (χ2v) is 10.1. The van der Waals surface area contributed by atoms with Crippen molar-refractivity contribution in [2.75, 3.05) is 17.1 Å². The Morgan fingerprint density at radius 3 is 2.69 bits per heavy atom. The predicted molar refractivity (Wildman–Crippen MR) is 105 cm³/mol. The summed E-state index contributed by atoms with van der Waals surface area (Å²) in [5.41, 5.74) is 1.42. The summed E-state index contributed by atoms with van der Waals surface area (Å²) >= 11 is 6.04. The molecule has 2 aliphatic rings. The van der Waals surface area contributed by atoms with Crippen LogP contribution in [0.5, 0.6) is 0 Å². The Balaban J connectivity index is 1.57. The van der Waals surface area contributed by atoms with Crippen molar-refractivity contribution in [2.45, 2.75) is 51.5 Å². The van der Waals surface area contributed by atoms with Gasteiger partial charge in [-0.3, -0.25) is 9.10 Å². The summed E-state index contributed by atoms with van der Waals surface area (Å²) in [6.07, 6.45) is 6.88. The van der Waals surface area contributed by atoms with Crippen molar-refractivity contribution >= 4 is 33.2 Å². The number of amides is 1. The molecule has 0 heterocycles. The van der Waals surface area contributed by atoms with E-state index in [1.807, 2.05) is 6.92 Å². The molecule has 2 aliphatic carbocycles. The van der Waals surface area contributed by atoms with Gasteiger partial charge in [-0.1, -0.05) is 24.1 Å². The Kier molecular flexibility index (Phi) is 5.82. The molecule has 0 saturated heterocycles. The summed E-state index contributed by atoms with van der Waals surface area (Å²) in [5, 5.41) is 3.65. The Morgan fingerprint density at radius 2 is 2.08 bits per heavy atom. The Morgan fingerprint density at radius 1 is 1.31 bits per heavy atom. The average molecular weight is 399 g/mol. The van der Waals surface area contributed by atoms with E-state index in [9.17, 15) is 13.2 Å². The Bertz CT molecular complexity index is 781. The fourth-order valence-electron chi connectivity index (χ4n) is 4.40. The Labute approximate surface area is 161 Å². The lowest BCUT2D eigenvalue weighted by Gasteiger charge is -2.25. The summed E-state index contributed by atoms with van der Waals surface area (Å²) in [7, 11) is -3.44. The number of hydrogen-bond donors (Lipinski definition) is 1. The molecule has 1 N–H and O–H groups in total. The highest BCUT2D eigenvalue weighted by Crippen LogP contribution is 2.44. The fourth-order valence-corrected chi connectivity index (χ4v) is 5.58. The van der Waals surface area contributed by atoms with Crippen LogP contribution in [0, 0.1) is 18.8 Å². The van der Waals surface area contributed by atoms with Crippen molar-refractivity contribution in [3.8, 4) is 0 Å². The zero-order valence-electron chi connectivity index (χ0n) is 15.4. The number of aryl methyl sites for hydroxylation is 1. The standard InChI is InChI=1S/C19H27ClN2O3S/c1-13-5-8-16(20)12-18(13)22(26(2,24)25)9-3-4-19(23)21-17-11-14-6-7-15(17)10-14/h5,8,12,14-15,17H,3-4,6-7,9-11H2,1-2H3,(H,21,23).